The second kappa shape index (κ2) is 5.47. The van der Waals surface area contributed by atoms with Crippen LogP contribution in [0.2, 0.25) is 0 Å². The first-order chi connectivity index (χ1) is 11.2. The molecule has 0 aromatic carbocycles. The Bertz CT molecular complexity index is 839. The molecule has 1 N–H and O–H groups in total. The maximum Gasteiger partial charge on any atom is 0.244 e. The number of imidazole rings is 1. The highest BCUT2D eigenvalue weighted by Gasteiger charge is 2.19. The van der Waals surface area contributed by atoms with Gasteiger partial charge in [-0.1, -0.05) is 6.07 Å². The molecule has 0 atom stereocenters. The summed E-state index contributed by atoms with van der Waals surface area (Å²) in [4.78, 5) is 19.3. The number of hydrogen-bond donors (Lipinski definition) is 1. The van der Waals surface area contributed by atoms with Crippen LogP contribution in [0.25, 0.3) is 17.0 Å². The molecule has 1 saturated heterocycles. The Morgan fingerprint density at radius 2 is 1.96 bits per heavy atom. The molecule has 8 heteroatoms. The average molecular weight is 312 g/mol. The van der Waals surface area contributed by atoms with E-state index in [1.807, 2.05) is 24.0 Å². The molecular formula is C15H16N6O2. The highest BCUT2D eigenvalue weighted by Crippen LogP contribution is 2.25. The molecule has 3 aromatic rings. The van der Waals surface area contributed by atoms with E-state index in [1.54, 1.807) is 17.1 Å². The normalized spacial score (nSPS) is 15.3. The van der Waals surface area contributed by atoms with E-state index in [9.17, 15) is 5.11 Å². The molecule has 4 heterocycles. The number of morpholine rings is 1. The zero-order valence-electron chi connectivity index (χ0n) is 12.7. The summed E-state index contributed by atoms with van der Waals surface area (Å²) < 4.78 is 7.09. The fourth-order valence-corrected chi connectivity index (χ4v) is 2.55. The topological polar surface area (TPSA) is 89.2 Å². The zero-order chi connectivity index (χ0) is 15.8. The third kappa shape index (κ3) is 2.46. The van der Waals surface area contributed by atoms with Crippen LogP contribution in [0, 0.1) is 6.92 Å². The highest BCUT2D eigenvalue weighted by atomic mass is 16.5. The van der Waals surface area contributed by atoms with Crippen LogP contribution in [-0.4, -0.2) is 55.9 Å². The molecule has 1 aliphatic rings. The smallest absolute Gasteiger partial charge is 0.244 e. The van der Waals surface area contributed by atoms with Crippen LogP contribution in [0.5, 0.6) is 5.88 Å². The van der Waals surface area contributed by atoms with Crippen LogP contribution in [0.1, 0.15) is 5.56 Å². The molecular weight excluding hydrogens is 296 g/mol. The van der Waals surface area contributed by atoms with Crippen LogP contribution in [-0.2, 0) is 4.74 Å². The standard InChI is InChI=1S/C15H16N6O2/c1-10-2-3-11(16-8-10)21-9-17-12-13(21)18-15(19-14(12)22)20-4-6-23-7-5-20/h2-3,8-9H,4-7H2,1H3,(H,18,19,22). The van der Waals surface area contributed by atoms with Crippen LogP contribution in [0.4, 0.5) is 5.95 Å². The van der Waals surface area contributed by atoms with Crippen molar-refractivity contribution in [3.05, 3.63) is 30.2 Å². The van der Waals surface area contributed by atoms with Crippen molar-refractivity contribution in [3.63, 3.8) is 0 Å². The summed E-state index contributed by atoms with van der Waals surface area (Å²) in [5.74, 6) is 1.05. The lowest BCUT2D eigenvalue weighted by Gasteiger charge is -2.26. The van der Waals surface area contributed by atoms with Gasteiger partial charge in [0, 0.05) is 19.3 Å². The summed E-state index contributed by atoms with van der Waals surface area (Å²) in [5.41, 5.74) is 1.98. The lowest BCUT2D eigenvalue weighted by molar-refractivity contribution is 0.122. The monoisotopic (exact) mass is 312 g/mol. The molecule has 0 spiro atoms. The first kappa shape index (κ1) is 13.9. The Morgan fingerprint density at radius 1 is 1.13 bits per heavy atom. The molecule has 118 valence electrons. The van der Waals surface area contributed by atoms with E-state index in [2.05, 4.69) is 19.9 Å². The molecule has 0 unspecified atom stereocenters. The van der Waals surface area contributed by atoms with Crippen molar-refractivity contribution >= 4 is 17.1 Å². The summed E-state index contributed by atoms with van der Waals surface area (Å²) in [6, 6.07) is 3.86. The van der Waals surface area contributed by atoms with E-state index in [0.717, 1.165) is 5.56 Å². The van der Waals surface area contributed by atoms with Crippen molar-refractivity contribution in [2.24, 2.45) is 0 Å². The summed E-state index contributed by atoms with van der Waals surface area (Å²) in [6.45, 7) is 4.62. The number of hydrogen-bond acceptors (Lipinski definition) is 7. The van der Waals surface area contributed by atoms with Gasteiger partial charge in [0.05, 0.1) is 13.2 Å². The van der Waals surface area contributed by atoms with E-state index >= 15 is 0 Å². The largest absolute Gasteiger partial charge is 0.492 e. The van der Waals surface area contributed by atoms with Crippen molar-refractivity contribution in [1.82, 2.24) is 24.5 Å². The molecule has 0 bridgehead atoms. The molecule has 0 radical (unpaired) electrons. The van der Waals surface area contributed by atoms with Gasteiger partial charge in [-0.2, -0.15) is 9.97 Å². The number of aryl methyl sites for hydroxylation is 1. The van der Waals surface area contributed by atoms with Gasteiger partial charge in [-0.3, -0.25) is 4.57 Å². The highest BCUT2D eigenvalue weighted by molar-refractivity contribution is 5.78. The molecule has 3 aromatic heterocycles. The Kier molecular flexibility index (Phi) is 3.30. The summed E-state index contributed by atoms with van der Waals surface area (Å²) >= 11 is 0. The van der Waals surface area contributed by atoms with Crippen LogP contribution in [0.15, 0.2) is 24.7 Å². The minimum Gasteiger partial charge on any atom is -0.492 e. The predicted molar refractivity (Wildman–Crippen MR) is 83.9 cm³/mol. The maximum absolute atomic E-state index is 10.2. The number of anilines is 1. The van der Waals surface area contributed by atoms with Crippen molar-refractivity contribution in [2.75, 3.05) is 31.2 Å². The minimum absolute atomic E-state index is 0.123. The molecule has 8 nitrogen and oxygen atoms in total. The molecule has 0 amide bonds. The van der Waals surface area contributed by atoms with Gasteiger partial charge >= 0.3 is 0 Å². The van der Waals surface area contributed by atoms with Gasteiger partial charge in [-0.15, -0.1) is 0 Å². The van der Waals surface area contributed by atoms with Gasteiger partial charge in [-0.05, 0) is 18.6 Å². The molecule has 23 heavy (non-hydrogen) atoms. The predicted octanol–water partition coefficient (Wildman–Crippen LogP) is 1.06. The Morgan fingerprint density at radius 3 is 2.70 bits per heavy atom. The second-order valence-electron chi connectivity index (χ2n) is 5.43. The van der Waals surface area contributed by atoms with E-state index in [0.29, 0.717) is 49.2 Å². The number of ether oxygens (including phenoxy) is 1. The van der Waals surface area contributed by atoms with Crippen LogP contribution in [0.3, 0.4) is 0 Å². The summed E-state index contributed by atoms with van der Waals surface area (Å²) in [7, 11) is 0. The third-order valence-corrected chi connectivity index (χ3v) is 3.80. The quantitative estimate of drug-likeness (QED) is 0.756. The number of pyridine rings is 1. The SMILES string of the molecule is Cc1ccc(-n2cnc3c(O)nc(N4CCOCC4)nc32)nc1. The van der Waals surface area contributed by atoms with Crippen molar-refractivity contribution in [2.45, 2.75) is 6.92 Å². The zero-order valence-corrected chi connectivity index (χ0v) is 12.7. The van der Waals surface area contributed by atoms with E-state index < -0.39 is 0 Å². The van der Waals surface area contributed by atoms with Crippen molar-refractivity contribution in [1.29, 1.82) is 0 Å². The Balaban J connectivity index is 1.83. The molecule has 4 rings (SSSR count). The lowest BCUT2D eigenvalue weighted by atomic mass is 10.3. The number of fused-ring (bicyclic) bond motifs is 1. The molecule has 1 aliphatic heterocycles. The van der Waals surface area contributed by atoms with Crippen molar-refractivity contribution in [3.8, 4) is 11.7 Å². The van der Waals surface area contributed by atoms with E-state index in [1.165, 1.54) is 0 Å². The van der Waals surface area contributed by atoms with Gasteiger partial charge in [0.1, 0.15) is 12.1 Å². The second-order valence-corrected chi connectivity index (χ2v) is 5.43. The minimum atomic E-state index is -0.123. The molecule has 0 aliphatic carbocycles. The Labute approximate surface area is 132 Å². The first-order valence-corrected chi connectivity index (χ1v) is 7.42. The molecule has 1 fully saturated rings. The van der Waals surface area contributed by atoms with Gasteiger partial charge < -0.3 is 14.7 Å². The maximum atomic E-state index is 10.2. The number of nitrogens with zero attached hydrogens (tertiary/aromatic N) is 6. The van der Waals surface area contributed by atoms with Crippen LogP contribution < -0.4 is 4.90 Å². The molecule has 0 saturated carbocycles. The van der Waals surface area contributed by atoms with Crippen molar-refractivity contribution < 1.29 is 9.84 Å². The number of aromatic nitrogens is 5. The Hall–Kier alpha value is -2.74. The van der Waals surface area contributed by atoms with E-state index in [4.69, 9.17) is 4.74 Å². The summed E-state index contributed by atoms with van der Waals surface area (Å²) in [6.07, 6.45) is 3.38. The lowest BCUT2D eigenvalue weighted by Crippen LogP contribution is -2.37. The van der Waals surface area contributed by atoms with Gasteiger partial charge in [0.25, 0.3) is 0 Å². The summed E-state index contributed by atoms with van der Waals surface area (Å²) in [5, 5.41) is 10.2. The van der Waals surface area contributed by atoms with Gasteiger partial charge in [0.2, 0.25) is 11.8 Å². The van der Waals surface area contributed by atoms with Gasteiger partial charge in [0.15, 0.2) is 11.2 Å². The van der Waals surface area contributed by atoms with E-state index in [-0.39, 0.29) is 5.88 Å². The first-order valence-electron chi connectivity index (χ1n) is 7.42. The average Bonchev–Trinajstić information content (AvgIpc) is 3.01. The number of rotatable bonds is 2. The van der Waals surface area contributed by atoms with Gasteiger partial charge in [-0.25, -0.2) is 9.97 Å². The number of aromatic hydroxyl groups is 1. The van der Waals surface area contributed by atoms with Crippen LogP contribution >= 0.6 is 0 Å². The fourth-order valence-electron chi connectivity index (χ4n) is 2.55. The fraction of sp³-hybridized carbons (Fsp3) is 0.333. The third-order valence-electron chi connectivity index (χ3n) is 3.80.